The molecule has 0 spiro atoms. The molecule has 5 heteroatoms. The van der Waals surface area contributed by atoms with Gasteiger partial charge in [-0.25, -0.2) is 0 Å². The van der Waals surface area contributed by atoms with Crippen LogP contribution in [0.3, 0.4) is 0 Å². The molecule has 5 nitrogen and oxygen atoms in total. The quantitative estimate of drug-likeness (QED) is 0.859. The number of nitrogens with zero attached hydrogens (tertiary/aromatic N) is 2. The number of amides is 2. The van der Waals surface area contributed by atoms with Crippen molar-refractivity contribution in [1.82, 2.24) is 9.80 Å². The van der Waals surface area contributed by atoms with Gasteiger partial charge in [-0.2, -0.15) is 0 Å². The number of hydrogen-bond donors (Lipinski definition) is 1. The lowest BCUT2D eigenvalue weighted by Gasteiger charge is -2.40. The van der Waals surface area contributed by atoms with E-state index in [2.05, 4.69) is 13.8 Å². The van der Waals surface area contributed by atoms with Crippen LogP contribution < -0.4 is 0 Å². The zero-order valence-corrected chi connectivity index (χ0v) is 14.1. The van der Waals surface area contributed by atoms with E-state index >= 15 is 0 Å². The van der Waals surface area contributed by atoms with Crippen LogP contribution >= 0.6 is 0 Å². The monoisotopic (exact) mass is 310 g/mol. The van der Waals surface area contributed by atoms with Gasteiger partial charge in [0, 0.05) is 26.1 Å². The molecule has 22 heavy (non-hydrogen) atoms. The Balaban J connectivity index is 2.10. The van der Waals surface area contributed by atoms with Crippen molar-refractivity contribution >= 4 is 11.8 Å². The highest BCUT2D eigenvalue weighted by Gasteiger charge is 2.36. The van der Waals surface area contributed by atoms with E-state index in [0.29, 0.717) is 38.4 Å². The molecule has 0 aromatic rings. The number of rotatable bonds is 4. The molecule has 126 valence electrons. The average Bonchev–Trinajstić information content (AvgIpc) is 2.47. The summed E-state index contributed by atoms with van der Waals surface area (Å²) in [6, 6.07) is -0.353. The van der Waals surface area contributed by atoms with Crippen LogP contribution in [0, 0.1) is 11.8 Å². The van der Waals surface area contributed by atoms with Crippen LogP contribution in [-0.2, 0) is 9.59 Å². The van der Waals surface area contributed by atoms with Gasteiger partial charge in [0.1, 0.15) is 6.04 Å². The van der Waals surface area contributed by atoms with Gasteiger partial charge in [-0.3, -0.25) is 9.59 Å². The number of piperidine rings is 2. The number of aliphatic hydroxyl groups excluding tert-OH is 1. The minimum absolute atomic E-state index is 0.0231. The van der Waals surface area contributed by atoms with Crippen LogP contribution in [0.1, 0.15) is 52.9 Å². The standard InChI is InChI=1S/C17H30N2O3/c1-12(2)10-14(19-8-5-4-6-16(19)21)17(22)18-9-7-13(3)15(20)11-18/h12-15,20H,4-11H2,1-3H3. The Hall–Kier alpha value is -1.10. The molecule has 0 radical (unpaired) electrons. The maximum Gasteiger partial charge on any atom is 0.245 e. The first-order valence-electron chi connectivity index (χ1n) is 8.66. The Bertz CT molecular complexity index is 411. The van der Waals surface area contributed by atoms with E-state index in [-0.39, 0.29) is 23.8 Å². The Morgan fingerprint density at radius 2 is 2.05 bits per heavy atom. The van der Waals surface area contributed by atoms with Gasteiger partial charge in [0.15, 0.2) is 0 Å². The molecule has 2 fully saturated rings. The Labute approximate surface area is 133 Å². The molecule has 1 N–H and O–H groups in total. The van der Waals surface area contributed by atoms with Crippen molar-refractivity contribution in [3.05, 3.63) is 0 Å². The fraction of sp³-hybridized carbons (Fsp3) is 0.882. The van der Waals surface area contributed by atoms with Gasteiger partial charge in [0.25, 0.3) is 0 Å². The van der Waals surface area contributed by atoms with Crippen LogP contribution in [0.5, 0.6) is 0 Å². The predicted octanol–water partition coefficient (Wildman–Crippen LogP) is 1.64. The summed E-state index contributed by atoms with van der Waals surface area (Å²) in [5.74, 6) is 0.729. The van der Waals surface area contributed by atoms with Crippen molar-refractivity contribution < 1.29 is 14.7 Å². The largest absolute Gasteiger partial charge is 0.391 e. The SMILES string of the molecule is CC(C)CC(C(=O)N1CCC(C)C(O)C1)N1CCCCC1=O. The average molecular weight is 310 g/mol. The molecule has 2 aliphatic rings. The van der Waals surface area contributed by atoms with Crippen LogP contribution in [0.2, 0.25) is 0 Å². The molecule has 2 saturated heterocycles. The summed E-state index contributed by atoms with van der Waals surface area (Å²) in [5, 5.41) is 10.0. The Morgan fingerprint density at radius 3 is 2.64 bits per heavy atom. The first kappa shape index (κ1) is 17.3. The van der Waals surface area contributed by atoms with Crippen molar-refractivity contribution in [3.63, 3.8) is 0 Å². The summed E-state index contributed by atoms with van der Waals surface area (Å²) < 4.78 is 0. The van der Waals surface area contributed by atoms with Crippen LogP contribution in [-0.4, -0.2) is 58.5 Å². The zero-order chi connectivity index (χ0) is 16.3. The Kier molecular flexibility index (Phi) is 5.84. The predicted molar refractivity (Wildman–Crippen MR) is 85.2 cm³/mol. The maximum atomic E-state index is 13.0. The highest BCUT2D eigenvalue weighted by atomic mass is 16.3. The molecule has 0 saturated carbocycles. The summed E-state index contributed by atoms with van der Waals surface area (Å²) in [4.78, 5) is 28.7. The summed E-state index contributed by atoms with van der Waals surface area (Å²) in [7, 11) is 0. The fourth-order valence-corrected chi connectivity index (χ4v) is 3.42. The summed E-state index contributed by atoms with van der Waals surface area (Å²) in [5.41, 5.74) is 0. The first-order chi connectivity index (χ1) is 10.4. The van der Waals surface area contributed by atoms with Crippen molar-refractivity contribution in [2.45, 2.75) is 65.0 Å². The molecule has 2 amide bonds. The second-order valence-corrected chi connectivity index (χ2v) is 7.31. The van der Waals surface area contributed by atoms with Crippen LogP contribution in [0.15, 0.2) is 0 Å². The minimum atomic E-state index is -0.450. The lowest BCUT2D eigenvalue weighted by molar-refractivity contribution is -0.150. The highest BCUT2D eigenvalue weighted by molar-refractivity contribution is 5.88. The molecule has 2 heterocycles. The van der Waals surface area contributed by atoms with E-state index in [4.69, 9.17) is 0 Å². The van der Waals surface area contributed by atoms with Gasteiger partial charge in [0.2, 0.25) is 11.8 Å². The molecule has 3 atom stereocenters. The van der Waals surface area contributed by atoms with Crippen LogP contribution in [0.4, 0.5) is 0 Å². The molecule has 2 rings (SSSR count). The molecule has 0 bridgehead atoms. The molecule has 2 aliphatic heterocycles. The third kappa shape index (κ3) is 4.00. The van der Waals surface area contributed by atoms with Gasteiger partial charge in [0.05, 0.1) is 6.10 Å². The molecule has 0 aromatic heterocycles. The second-order valence-electron chi connectivity index (χ2n) is 7.31. The molecule has 0 aromatic carbocycles. The number of likely N-dealkylation sites (tertiary alicyclic amines) is 2. The lowest BCUT2D eigenvalue weighted by atomic mass is 9.93. The summed E-state index contributed by atoms with van der Waals surface area (Å²) >= 11 is 0. The van der Waals surface area contributed by atoms with Gasteiger partial charge < -0.3 is 14.9 Å². The highest BCUT2D eigenvalue weighted by Crippen LogP contribution is 2.23. The van der Waals surface area contributed by atoms with Crippen molar-refractivity contribution in [1.29, 1.82) is 0 Å². The smallest absolute Gasteiger partial charge is 0.245 e. The molecule has 3 unspecified atom stereocenters. The number of aliphatic hydroxyl groups is 1. The van der Waals surface area contributed by atoms with Gasteiger partial charge in [-0.05, 0) is 37.5 Å². The molecular formula is C17H30N2O3. The zero-order valence-electron chi connectivity index (χ0n) is 14.1. The first-order valence-corrected chi connectivity index (χ1v) is 8.66. The topological polar surface area (TPSA) is 60.9 Å². The molecule has 0 aliphatic carbocycles. The number of β-amino-alcohol motifs (C(OH)–C–C–N with tert-alkyl or cyclic N) is 1. The normalized spacial score (nSPS) is 28.1. The number of carbonyl (C=O) groups excluding carboxylic acids is 2. The van der Waals surface area contributed by atoms with Crippen molar-refractivity contribution in [2.75, 3.05) is 19.6 Å². The molecular weight excluding hydrogens is 280 g/mol. The van der Waals surface area contributed by atoms with Crippen LogP contribution in [0.25, 0.3) is 0 Å². The van der Waals surface area contributed by atoms with Gasteiger partial charge in [-0.1, -0.05) is 20.8 Å². The maximum absolute atomic E-state index is 13.0. The third-order valence-corrected chi connectivity index (χ3v) is 4.95. The van der Waals surface area contributed by atoms with E-state index in [1.165, 1.54) is 0 Å². The van der Waals surface area contributed by atoms with E-state index in [0.717, 1.165) is 19.3 Å². The summed E-state index contributed by atoms with van der Waals surface area (Å²) in [6.07, 6.45) is 3.55. The van der Waals surface area contributed by atoms with E-state index in [1.54, 1.807) is 9.80 Å². The Morgan fingerprint density at radius 1 is 1.32 bits per heavy atom. The van der Waals surface area contributed by atoms with Crippen molar-refractivity contribution in [2.24, 2.45) is 11.8 Å². The van der Waals surface area contributed by atoms with E-state index in [9.17, 15) is 14.7 Å². The van der Waals surface area contributed by atoms with E-state index < -0.39 is 6.10 Å². The lowest BCUT2D eigenvalue weighted by Crippen LogP contribution is -2.56. The fourth-order valence-electron chi connectivity index (χ4n) is 3.42. The van der Waals surface area contributed by atoms with E-state index in [1.807, 2.05) is 6.92 Å². The third-order valence-electron chi connectivity index (χ3n) is 4.95. The number of hydrogen-bond acceptors (Lipinski definition) is 3. The second kappa shape index (κ2) is 7.44. The summed E-state index contributed by atoms with van der Waals surface area (Å²) in [6.45, 7) is 7.97. The minimum Gasteiger partial charge on any atom is -0.391 e. The number of carbonyl (C=O) groups is 2. The van der Waals surface area contributed by atoms with Gasteiger partial charge in [-0.15, -0.1) is 0 Å². The van der Waals surface area contributed by atoms with Crippen molar-refractivity contribution in [3.8, 4) is 0 Å². The van der Waals surface area contributed by atoms with Gasteiger partial charge >= 0.3 is 0 Å².